The van der Waals surface area contributed by atoms with Gasteiger partial charge >= 0.3 is 18.9 Å². The molecule has 0 aliphatic heterocycles. The van der Waals surface area contributed by atoms with Crippen LogP contribution in [0.3, 0.4) is 0 Å². The minimum atomic E-state index is -0.908. The molecular formula is C7H17LiO2Si. The number of ether oxygens (including phenoxy) is 2. The van der Waals surface area contributed by atoms with E-state index in [-0.39, 0.29) is 18.9 Å². The van der Waals surface area contributed by atoms with E-state index in [1.165, 1.54) is 6.04 Å². The van der Waals surface area contributed by atoms with E-state index in [1.54, 1.807) is 0 Å². The molecule has 0 bridgehead atoms. The Morgan fingerprint density at radius 3 is 2.18 bits per heavy atom. The van der Waals surface area contributed by atoms with Crippen LogP contribution in [-0.2, 0) is 9.47 Å². The van der Waals surface area contributed by atoms with Gasteiger partial charge in [-0.1, -0.05) is 19.6 Å². The van der Waals surface area contributed by atoms with Crippen LogP contribution in [0.5, 0.6) is 0 Å². The summed E-state index contributed by atoms with van der Waals surface area (Å²) in [7, 11) is 2.30. The molecule has 0 N–H and O–H groups in total. The predicted octanol–water partition coefficient (Wildman–Crippen LogP) is -0.889. The van der Waals surface area contributed by atoms with Gasteiger partial charge in [-0.2, -0.15) is 0 Å². The van der Waals surface area contributed by atoms with Crippen LogP contribution < -0.4 is 18.9 Å². The van der Waals surface area contributed by atoms with E-state index in [2.05, 4.69) is 31.5 Å². The van der Waals surface area contributed by atoms with Crippen LogP contribution >= 0.6 is 0 Å². The first-order chi connectivity index (χ1) is 4.56. The molecule has 62 valence electrons. The van der Waals surface area contributed by atoms with Gasteiger partial charge in [-0.15, -0.1) is 0 Å². The molecule has 0 spiro atoms. The largest absolute Gasteiger partial charge is 1.00 e. The van der Waals surface area contributed by atoms with Gasteiger partial charge in [-0.3, -0.25) is 0 Å². The van der Waals surface area contributed by atoms with Crippen LogP contribution in [0.4, 0.5) is 0 Å². The zero-order chi connectivity index (χ0) is 8.04. The minimum absolute atomic E-state index is 0. The summed E-state index contributed by atoms with van der Waals surface area (Å²) in [6.45, 7) is 8.10. The average Bonchev–Trinajstić information content (AvgIpc) is 1.78. The average molecular weight is 168 g/mol. The summed E-state index contributed by atoms with van der Waals surface area (Å²) in [6, 6.07) is 1.19. The summed E-state index contributed by atoms with van der Waals surface area (Å²) in [4.78, 5) is 0. The topological polar surface area (TPSA) is 18.5 Å². The molecule has 0 aromatic heterocycles. The number of rotatable bonds is 5. The molecule has 0 aromatic carbocycles. The number of hydrogen-bond donors (Lipinski definition) is 0. The van der Waals surface area contributed by atoms with Crippen molar-refractivity contribution >= 4 is 8.07 Å². The molecule has 0 radical (unpaired) electrons. The summed E-state index contributed by atoms with van der Waals surface area (Å²) < 4.78 is 9.61. The van der Waals surface area contributed by atoms with E-state index in [9.17, 15) is 0 Å². The second-order valence-electron chi connectivity index (χ2n) is 3.54. The zero-order valence-corrected chi connectivity index (χ0v) is 9.14. The maximum absolute atomic E-state index is 5.11. The van der Waals surface area contributed by atoms with Gasteiger partial charge in [-0.05, 0) is 6.04 Å². The van der Waals surface area contributed by atoms with E-state index < -0.39 is 8.07 Å². The molecule has 0 atom stereocenters. The smallest absolute Gasteiger partial charge is 0.535 e. The molecule has 4 heteroatoms. The van der Waals surface area contributed by atoms with Crippen molar-refractivity contribution in [1.29, 1.82) is 0 Å². The SMILES string of the molecule is [CH2-]OCOCC[Si](C)(C)C.[Li+]. The van der Waals surface area contributed by atoms with Gasteiger partial charge in [-0.25, -0.2) is 7.11 Å². The Balaban J connectivity index is 0. The maximum atomic E-state index is 5.11. The van der Waals surface area contributed by atoms with Crippen molar-refractivity contribution in [1.82, 2.24) is 0 Å². The van der Waals surface area contributed by atoms with Gasteiger partial charge in [0.25, 0.3) is 0 Å². The first-order valence-corrected chi connectivity index (χ1v) is 7.22. The van der Waals surface area contributed by atoms with E-state index in [0.29, 0.717) is 6.79 Å². The number of hydrogen-bond acceptors (Lipinski definition) is 2. The Morgan fingerprint density at radius 2 is 1.82 bits per heavy atom. The van der Waals surface area contributed by atoms with E-state index >= 15 is 0 Å². The van der Waals surface area contributed by atoms with Crippen LogP contribution in [0.2, 0.25) is 25.7 Å². The zero-order valence-electron chi connectivity index (χ0n) is 8.14. The molecule has 2 nitrogen and oxygen atoms in total. The van der Waals surface area contributed by atoms with E-state index in [1.807, 2.05) is 0 Å². The summed E-state index contributed by atoms with van der Waals surface area (Å²) in [5.41, 5.74) is 0. The van der Waals surface area contributed by atoms with Crippen molar-refractivity contribution in [2.75, 3.05) is 13.4 Å². The van der Waals surface area contributed by atoms with Crippen molar-refractivity contribution in [3.63, 3.8) is 0 Å². The summed E-state index contributed by atoms with van der Waals surface area (Å²) in [6.07, 6.45) is 0. The Labute approximate surface area is 82.8 Å². The second-order valence-corrected chi connectivity index (χ2v) is 9.16. The summed E-state index contributed by atoms with van der Waals surface area (Å²) >= 11 is 0. The molecule has 0 fully saturated rings. The Hall–Kier alpha value is 0.734. The van der Waals surface area contributed by atoms with E-state index in [0.717, 1.165) is 6.61 Å². The summed E-state index contributed by atoms with van der Waals surface area (Å²) in [5, 5.41) is 0. The van der Waals surface area contributed by atoms with Crippen LogP contribution in [0.1, 0.15) is 0 Å². The molecule has 0 unspecified atom stereocenters. The fourth-order valence-corrected chi connectivity index (χ4v) is 1.25. The monoisotopic (exact) mass is 168 g/mol. The molecule has 0 saturated carbocycles. The molecular weight excluding hydrogens is 151 g/mol. The van der Waals surface area contributed by atoms with Crippen LogP contribution in [-0.4, -0.2) is 21.5 Å². The fraction of sp³-hybridized carbons (Fsp3) is 0.857. The first-order valence-electron chi connectivity index (χ1n) is 3.51. The molecule has 0 amide bonds. The third kappa shape index (κ3) is 13.7. The Kier molecular flexibility index (Phi) is 9.58. The van der Waals surface area contributed by atoms with Crippen molar-refractivity contribution in [2.45, 2.75) is 25.7 Å². The summed E-state index contributed by atoms with van der Waals surface area (Å²) in [5.74, 6) is 0. The van der Waals surface area contributed by atoms with Crippen molar-refractivity contribution in [3.8, 4) is 0 Å². The molecule has 0 aliphatic rings. The third-order valence-electron chi connectivity index (χ3n) is 1.16. The molecule has 0 rings (SSSR count). The van der Waals surface area contributed by atoms with Crippen molar-refractivity contribution in [2.24, 2.45) is 0 Å². The minimum Gasteiger partial charge on any atom is -0.535 e. The fourth-order valence-electron chi connectivity index (χ4n) is 0.496. The van der Waals surface area contributed by atoms with Gasteiger partial charge in [0.2, 0.25) is 0 Å². The quantitative estimate of drug-likeness (QED) is 0.229. The third-order valence-corrected chi connectivity index (χ3v) is 2.87. The van der Waals surface area contributed by atoms with Crippen molar-refractivity contribution < 1.29 is 28.3 Å². The maximum Gasteiger partial charge on any atom is 1.00 e. The van der Waals surface area contributed by atoms with Gasteiger partial charge in [0.15, 0.2) is 0 Å². The van der Waals surface area contributed by atoms with Crippen molar-refractivity contribution in [3.05, 3.63) is 7.11 Å². The molecule has 0 aliphatic carbocycles. The molecule has 0 heterocycles. The van der Waals surface area contributed by atoms with Gasteiger partial charge in [0.05, 0.1) is 0 Å². The normalized spacial score (nSPS) is 10.9. The van der Waals surface area contributed by atoms with Gasteiger partial charge in [0.1, 0.15) is 6.79 Å². The molecule has 0 saturated heterocycles. The standard InChI is InChI=1S/C7H17O2Si.Li/c1-8-7-9-5-6-10(2,3)4;/h1,5-7H2,2-4H3;/q-1;+1. The Bertz CT molecular complexity index is 83.0. The van der Waals surface area contributed by atoms with Crippen LogP contribution in [0.25, 0.3) is 0 Å². The van der Waals surface area contributed by atoms with Crippen LogP contribution in [0, 0.1) is 7.11 Å². The van der Waals surface area contributed by atoms with Gasteiger partial charge < -0.3 is 9.47 Å². The van der Waals surface area contributed by atoms with Gasteiger partial charge in [0, 0.05) is 14.7 Å². The van der Waals surface area contributed by atoms with E-state index in [4.69, 9.17) is 4.74 Å². The second kappa shape index (κ2) is 7.39. The van der Waals surface area contributed by atoms with Crippen LogP contribution in [0.15, 0.2) is 0 Å². The molecule has 11 heavy (non-hydrogen) atoms. The predicted molar refractivity (Wildman–Crippen MR) is 45.4 cm³/mol. The molecule has 0 aromatic rings. The Morgan fingerprint density at radius 1 is 1.27 bits per heavy atom. The first kappa shape index (κ1) is 14.3.